The molecule has 3 rings (SSSR count). The molecule has 4 nitrogen and oxygen atoms in total. The lowest BCUT2D eigenvalue weighted by Gasteiger charge is -2.17. The number of hydrogen-bond donors (Lipinski definition) is 1. The number of carbonyl (C=O) groups excluding carboxylic acids is 1. The number of anilines is 1. The van der Waals surface area contributed by atoms with Crippen LogP contribution in [-0.2, 0) is 4.79 Å². The van der Waals surface area contributed by atoms with Crippen molar-refractivity contribution in [2.45, 2.75) is 44.8 Å². The van der Waals surface area contributed by atoms with Crippen molar-refractivity contribution in [3.8, 4) is 5.75 Å². The molecule has 0 radical (unpaired) electrons. The third kappa shape index (κ3) is 2.50. The first-order valence-corrected chi connectivity index (χ1v) is 7.47. The molecule has 0 aromatic heterocycles. The summed E-state index contributed by atoms with van der Waals surface area (Å²) >= 11 is 5.19. The maximum Gasteiger partial charge on any atom is 0.255 e. The summed E-state index contributed by atoms with van der Waals surface area (Å²) in [5, 5.41) is 3.43. The van der Waals surface area contributed by atoms with Crippen LogP contribution in [0.5, 0.6) is 5.75 Å². The highest BCUT2D eigenvalue weighted by Gasteiger charge is 2.33. The van der Waals surface area contributed by atoms with E-state index in [-0.39, 0.29) is 11.9 Å². The van der Waals surface area contributed by atoms with Crippen LogP contribution in [0.4, 0.5) is 5.69 Å². The Balaban J connectivity index is 1.72. The fourth-order valence-electron chi connectivity index (χ4n) is 2.72. The van der Waals surface area contributed by atoms with Gasteiger partial charge in [0, 0.05) is 0 Å². The first-order chi connectivity index (χ1) is 9.65. The van der Waals surface area contributed by atoms with E-state index in [0.29, 0.717) is 11.2 Å². The van der Waals surface area contributed by atoms with E-state index in [1.807, 2.05) is 31.2 Å². The molecular formula is C15H18N2O2S. The molecule has 0 bridgehead atoms. The van der Waals surface area contributed by atoms with Gasteiger partial charge in [0.2, 0.25) is 0 Å². The quantitative estimate of drug-likeness (QED) is 0.869. The Morgan fingerprint density at radius 1 is 1.25 bits per heavy atom. The summed E-state index contributed by atoms with van der Waals surface area (Å²) in [5.41, 5.74) is 0.788. The fraction of sp³-hybridized carbons (Fsp3) is 0.467. The highest BCUT2D eigenvalue weighted by molar-refractivity contribution is 7.80. The van der Waals surface area contributed by atoms with Crippen molar-refractivity contribution < 1.29 is 9.53 Å². The van der Waals surface area contributed by atoms with Crippen molar-refractivity contribution in [3.63, 3.8) is 0 Å². The molecule has 106 valence electrons. The maximum absolute atomic E-state index is 12.0. The molecule has 1 N–H and O–H groups in total. The molecule has 1 amide bonds. The molecular weight excluding hydrogens is 272 g/mol. The van der Waals surface area contributed by atoms with Gasteiger partial charge in [0.15, 0.2) is 5.11 Å². The molecule has 2 aliphatic rings. The van der Waals surface area contributed by atoms with Gasteiger partial charge in [-0.2, -0.15) is 0 Å². The zero-order valence-corrected chi connectivity index (χ0v) is 12.3. The van der Waals surface area contributed by atoms with Gasteiger partial charge < -0.3 is 10.1 Å². The van der Waals surface area contributed by atoms with Crippen LogP contribution < -0.4 is 15.0 Å². The van der Waals surface area contributed by atoms with Crippen LogP contribution in [-0.4, -0.2) is 23.2 Å². The van der Waals surface area contributed by atoms with Crippen LogP contribution in [0.1, 0.15) is 32.6 Å². The third-order valence-electron chi connectivity index (χ3n) is 3.83. The summed E-state index contributed by atoms with van der Waals surface area (Å²) in [7, 11) is 0. The van der Waals surface area contributed by atoms with Crippen molar-refractivity contribution >= 4 is 28.9 Å². The smallest absolute Gasteiger partial charge is 0.255 e. The molecule has 1 aromatic rings. The van der Waals surface area contributed by atoms with Crippen molar-refractivity contribution in [2.24, 2.45) is 0 Å². The van der Waals surface area contributed by atoms with E-state index in [9.17, 15) is 4.79 Å². The highest BCUT2D eigenvalue weighted by atomic mass is 32.1. The van der Waals surface area contributed by atoms with Gasteiger partial charge in [-0.05, 0) is 69.1 Å². The number of thiocarbonyl (C=S) groups is 1. The van der Waals surface area contributed by atoms with Gasteiger partial charge in [0.1, 0.15) is 11.8 Å². The monoisotopic (exact) mass is 290 g/mol. The molecule has 1 atom stereocenters. The summed E-state index contributed by atoms with van der Waals surface area (Å²) in [5.74, 6) is 0.846. The zero-order valence-electron chi connectivity index (χ0n) is 11.5. The lowest BCUT2D eigenvalue weighted by Crippen LogP contribution is -2.30. The Kier molecular flexibility index (Phi) is 3.61. The summed E-state index contributed by atoms with van der Waals surface area (Å²) in [6.07, 6.45) is 5.12. The second-order valence-electron chi connectivity index (χ2n) is 5.36. The minimum absolute atomic E-state index is 0.0144. The van der Waals surface area contributed by atoms with Crippen LogP contribution in [0, 0.1) is 0 Å². The van der Waals surface area contributed by atoms with Crippen LogP contribution in [0.3, 0.4) is 0 Å². The van der Waals surface area contributed by atoms with Crippen molar-refractivity contribution in [1.82, 2.24) is 5.32 Å². The number of rotatable bonds is 3. The number of carbonyl (C=O) groups is 1. The summed E-state index contributed by atoms with van der Waals surface area (Å²) < 4.78 is 5.92. The first kappa shape index (κ1) is 13.4. The predicted molar refractivity (Wildman–Crippen MR) is 82.0 cm³/mol. The second-order valence-corrected chi connectivity index (χ2v) is 5.75. The lowest BCUT2D eigenvalue weighted by molar-refractivity contribution is -0.117. The molecule has 0 spiro atoms. The van der Waals surface area contributed by atoms with Gasteiger partial charge in [-0.3, -0.25) is 9.69 Å². The summed E-state index contributed by atoms with van der Waals surface area (Å²) in [6.45, 7) is 1.81. The van der Waals surface area contributed by atoms with E-state index in [2.05, 4.69) is 5.32 Å². The number of amides is 1. The molecule has 1 saturated carbocycles. The Morgan fingerprint density at radius 3 is 2.45 bits per heavy atom. The summed E-state index contributed by atoms with van der Waals surface area (Å²) in [4.78, 5) is 13.6. The first-order valence-electron chi connectivity index (χ1n) is 7.06. The van der Waals surface area contributed by atoms with Gasteiger partial charge in [-0.15, -0.1) is 0 Å². The second kappa shape index (κ2) is 5.40. The summed E-state index contributed by atoms with van der Waals surface area (Å²) in [6, 6.07) is 7.33. The van der Waals surface area contributed by atoms with E-state index in [1.54, 1.807) is 4.90 Å². The molecule has 1 saturated heterocycles. The molecule has 1 aliphatic carbocycles. The predicted octanol–water partition coefficient (Wildman–Crippen LogP) is 2.62. The highest BCUT2D eigenvalue weighted by Crippen LogP contribution is 2.27. The van der Waals surface area contributed by atoms with Crippen molar-refractivity contribution in [1.29, 1.82) is 0 Å². The van der Waals surface area contributed by atoms with Crippen LogP contribution in [0.2, 0.25) is 0 Å². The number of nitrogens with zero attached hydrogens (tertiary/aromatic N) is 1. The minimum Gasteiger partial charge on any atom is -0.490 e. The Hall–Kier alpha value is -1.62. The number of nitrogens with one attached hydrogen (secondary N) is 1. The van der Waals surface area contributed by atoms with Crippen molar-refractivity contribution in [3.05, 3.63) is 24.3 Å². The van der Waals surface area contributed by atoms with Crippen LogP contribution in [0.15, 0.2) is 24.3 Å². The number of ether oxygens (including phenoxy) is 1. The Bertz CT molecular complexity index is 523. The topological polar surface area (TPSA) is 41.6 Å². The van der Waals surface area contributed by atoms with Crippen molar-refractivity contribution in [2.75, 3.05) is 4.90 Å². The van der Waals surface area contributed by atoms with Crippen LogP contribution in [0.25, 0.3) is 0 Å². The number of benzene rings is 1. The molecule has 20 heavy (non-hydrogen) atoms. The van der Waals surface area contributed by atoms with Crippen LogP contribution >= 0.6 is 12.2 Å². The largest absolute Gasteiger partial charge is 0.490 e. The van der Waals surface area contributed by atoms with E-state index in [4.69, 9.17) is 17.0 Å². The van der Waals surface area contributed by atoms with E-state index in [0.717, 1.165) is 24.3 Å². The minimum atomic E-state index is -0.253. The van der Waals surface area contributed by atoms with Gasteiger partial charge in [-0.25, -0.2) is 0 Å². The average molecular weight is 290 g/mol. The normalized spacial score (nSPS) is 23.2. The van der Waals surface area contributed by atoms with E-state index < -0.39 is 0 Å². The SMILES string of the molecule is C[C@@H]1NC(=S)N(c2ccc(OC3CCCC3)cc2)C1=O. The van der Waals surface area contributed by atoms with E-state index >= 15 is 0 Å². The molecule has 1 heterocycles. The zero-order chi connectivity index (χ0) is 14.1. The fourth-order valence-corrected chi connectivity index (χ4v) is 3.09. The Labute approximate surface area is 124 Å². The van der Waals surface area contributed by atoms with Gasteiger partial charge in [0.25, 0.3) is 5.91 Å². The molecule has 0 unspecified atom stereocenters. The van der Waals surface area contributed by atoms with Gasteiger partial charge >= 0.3 is 0 Å². The number of hydrogen-bond acceptors (Lipinski definition) is 3. The van der Waals surface area contributed by atoms with Gasteiger partial charge in [0.05, 0.1) is 11.8 Å². The molecule has 1 aliphatic heterocycles. The van der Waals surface area contributed by atoms with Gasteiger partial charge in [-0.1, -0.05) is 0 Å². The molecule has 1 aromatic carbocycles. The molecule has 2 fully saturated rings. The lowest BCUT2D eigenvalue weighted by atomic mass is 10.2. The van der Waals surface area contributed by atoms with E-state index in [1.165, 1.54) is 12.8 Å². The average Bonchev–Trinajstić information content (AvgIpc) is 3.01. The third-order valence-corrected chi connectivity index (χ3v) is 4.13. The standard InChI is InChI=1S/C15H18N2O2S/c1-10-14(18)17(15(20)16-10)11-6-8-13(9-7-11)19-12-4-2-3-5-12/h6-10,12H,2-5H2,1H3,(H,16,20)/t10-/m0/s1. The molecule has 5 heteroatoms. The Morgan fingerprint density at radius 2 is 1.90 bits per heavy atom. The maximum atomic E-state index is 12.0.